The molecule has 0 amide bonds. The minimum Gasteiger partial charge on any atom is -0.493 e. The van der Waals surface area contributed by atoms with E-state index in [0.29, 0.717) is 29.2 Å². The molecular formula is C25H22ClN3O3S. The van der Waals surface area contributed by atoms with Gasteiger partial charge in [-0.05, 0) is 73.0 Å². The van der Waals surface area contributed by atoms with Crippen molar-refractivity contribution in [2.45, 2.75) is 25.5 Å². The summed E-state index contributed by atoms with van der Waals surface area (Å²) in [5.41, 5.74) is 1.65. The molecule has 3 aromatic carbocycles. The molecule has 1 aromatic heterocycles. The van der Waals surface area contributed by atoms with Crippen LogP contribution in [-0.2, 0) is 11.3 Å². The molecule has 0 fully saturated rings. The van der Waals surface area contributed by atoms with Crippen molar-refractivity contribution in [2.24, 2.45) is 0 Å². The summed E-state index contributed by atoms with van der Waals surface area (Å²) in [5.74, 6) is 0.401. The number of carboxylic acids is 1. The molecule has 0 radical (unpaired) electrons. The lowest BCUT2D eigenvalue weighted by atomic mass is 10.0. The Bertz CT molecular complexity index is 1330. The predicted octanol–water partition coefficient (Wildman–Crippen LogP) is 6.39. The minimum atomic E-state index is -1.03. The Morgan fingerprint density at radius 2 is 1.79 bits per heavy atom. The van der Waals surface area contributed by atoms with E-state index in [-0.39, 0.29) is 4.91 Å². The fourth-order valence-electron chi connectivity index (χ4n) is 3.54. The SMILES string of the molecule is CCOc1ccc(/C=C(\Sc2nnc(-c3ccc(Cl)cc3)n2CC)C(=O)O)c2ccccc12. The first kappa shape index (κ1) is 22.9. The van der Waals surface area contributed by atoms with E-state index in [4.69, 9.17) is 16.3 Å². The second kappa shape index (κ2) is 10.1. The van der Waals surface area contributed by atoms with Crippen molar-refractivity contribution >= 4 is 46.2 Å². The van der Waals surface area contributed by atoms with Gasteiger partial charge in [0, 0.05) is 22.5 Å². The van der Waals surface area contributed by atoms with Crippen LogP contribution in [0.4, 0.5) is 0 Å². The topological polar surface area (TPSA) is 77.2 Å². The lowest BCUT2D eigenvalue weighted by Gasteiger charge is -2.11. The molecule has 0 aliphatic rings. The van der Waals surface area contributed by atoms with Crippen molar-refractivity contribution in [3.63, 3.8) is 0 Å². The Balaban J connectivity index is 1.74. The van der Waals surface area contributed by atoms with Gasteiger partial charge in [0.05, 0.1) is 6.61 Å². The Kier molecular flexibility index (Phi) is 7.01. The van der Waals surface area contributed by atoms with Crippen molar-refractivity contribution in [1.82, 2.24) is 14.8 Å². The molecule has 33 heavy (non-hydrogen) atoms. The third-order valence-corrected chi connectivity index (χ3v) is 6.30. The standard InChI is InChI=1S/C25H22ClN3O3S/c1-3-29-23(16-9-12-18(26)13-10-16)27-28-25(29)33-22(24(30)31)15-17-11-14-21(32-4-2)20-8-6-5-7-19(17)20/h5-15H,3-4H2,1-2H3,(H,30,31)/b22-15-. The number of carboxylic acid groups (broad SMARTS) is 1. The van der Waals surface area contributed by atoms with Gasteiger partial charge in [0.15, 0.2) is 11.0 Å². The van der Waals surface area contributed by atoms with Crippen molar-refractivity contribution in [3.05, 3.63) is 76.2 Å². The molecule has 1 heterocycles. The first-order chi connectivity index (χ1) is 16.0. The monoisotopic (exact) mass is 479 g/mol. The van der Waals surface area contributed by atoms with Crippen LogP contribution in [0.2, 0.25) is 5.02 Å². The van der Waals surface area contributed by atoms with Crippen LogP contribution < -0.4 is 4.74 Å². The maximum Gasteiger partial charge on any atom is 0.342 e. The van der Waals surface area contributed by atoms with E-state index in [9.17, 15) is 9.90 Å². The van der Waals surface area contributed by atoms with Crippen molar-refractivity contribution in [2.75, 3.05) is 6.61 Å². The fourth-order valence-corrected chi connectivity index (χ4v) is 4.54. The van der Waals surface area contributed by atoms with Gasteiger partial charge >= 0.3 is 5.97 Å². The molecule has 1 N–H and O–H groups in total. The number of thioether (sulfide) groups is 1. The number of halogens is 1. The van der Waals surface area contributed by atoms with Crippen LogP contribution in [0.15, 0.2) is 70.7 Å². The highest BCUT2D eigenvalue weighted by Crippen LogP contribution is 2.34. The molecule has 8 heteroatoms. The number of aliphatic carboxylic acids is 1. The molecule has 6 nitrogen and oxygen atoms in total. The average molecular weight is 480 g/mol. The lowest BCUT2D eigenvalue weighted by Crippen LogP contribution is -2.03. The number of benzene rings is 3. The molecule has 0 saturated heterocycles. The zero-order chi connectivity index (χ0) is 23.4. The number of rotatable bonds is 8. The quantitative estimate of drug-likeness (QED) is 0.233. The summed E-state index contributed by atoms with van der Waals surface area (Å²) < 4.78 is 7.62. The molecule has 4 rings (SSSR count). The number of ether oxygens (including phenoxy) is 1. The molecule has 0 atom stereocenters. The molecular weight excluding hydrogens is 458 g/mol. The third kappa shape index (κ3) is 4.89. The highest BCUT2D eigenvalue weighted by Gasteiger charge is 2.19. The second-order valence-corrected chi connectivity index (χ2v) is 8.55. The van der Waals surface area contributed by atoms with Crippen molar-refractivity contribution < 1.29 is 14.6 Å². The number of aromatic nitrogens is 3. The molecule has 168 valence electrons. The second-order valence-electron chi connectivity index (χ2n) is 7.10. The number of hydrogen-bond acceptors (Lipinski definition) is 5. The summed E-state index contributed by atoms with van der Waals surface area (Å²) in [6, 6.07) is 18.9. The molecule has 0 spiro atoms. The summed E-state index contributed by atoms with van der Waals surface area (Å²) in [7, 11) is 0. The molecule has 0 aliphatic carbocycles. The summed E-state index contributed by atoms with van der Waals surface area (Å²) in [6.45, 7) is 5.05. The Morgan fingerprint density at radius 1 is 1.06 bits per heavy atom. The number of carbonyl (C=O) groups is 1. The zero-order valence-electron chi connectivity index (χ0n) is 18.2. The smallest absolute Gasteiger partial charge is 0.342 e. The lowest BCUT2D eigenvalue weighted by molar-refractivity contribution is -0.131. The summed E-state index contributed by atoms with van der Waals surface area (Å²) in [4.78, 5) is 12.3. The Hall–Kier alpha value is -3.29. The van der Waals surface area contributed by atoms with Crippen LogP contribution in [0.25, 0.3) is 28.2 Å². The summed E-state index contributed by atoms with van der Waals surface area (Å²) in [6.07, 6.45) is 1.67. The van der Waals surface area contributed by atoms with Gasteiger partial charge in [-0.25, -0.2) is 4.79 Å². The van der Waals surface area contributed by atoms with Gasteiger partial charge in [-0.1, -0.05) is 41.9 Å². The van der Waals surface area contributed by atoms with E-state index >= 15 is 0 Å². The normalized spacial score (nSPS) is 11.7. The van der Waals surface area contributed by atoms with Gasteiger partial charge in [-0.3, -0.25) is 0 Å². The van der Waals surface area contributed by atoms with Gasteiger partial charge in [-0.2, -0.15) is 0 Å². The van der Waals surface area contributed by atoms with Crippen LogP contribution in [0, 0.1) is 0 Å². The first-order valence-corrected chi connectivity index (χ1v) is 11.7. The molecule has 0 aliphatic heterocycles. The Labute approximate surface area is 200 Å². The zero-order valence-corrected chi connectivity index (χ0v) is 19.7. The van der Waals surface area contributed by atoms with Gasteiger partial charge in [0.25, 0.3) is 0 Å². The maximum absolute atomic E-state index is 12.1. The van der Waals surface area contributed by atoms with E-state index in [0.717, 1.165) is 39.4 Å². The van der Waals surface area contributed by atoms with Gasteiger partial charge in [0.1, 0.15) is 10.7 Å². The van der Waals surface area contributed by atoms with E-state index in [1.54, 1.807) is 18.2 Å². The third-order valence-electron chi connectivity index (χ3n) is 5.05. The van der Waals surface area contributed by atoms with Gasteiger partial charge in [0.2, 0.25) is 0 Å². The Morgan fingerprint density at radius 3 is 2.45 bits per heavy atom. The van der Waals surface area contributed by atoms with Gasteiger partial charge in [-0.15, -0.1) is 10.2 Å². The van der Waals surface area contributed by atoms with Crippen LogP contribution in [0.3, 0.4) is 0 Å². The van der Waals surface area contributed by atoms with E-state index in [2.05, 4.69) is 10.2 Å². The molecule has 0 saturated carbocycles. The highest BCUT2D eigenvalue weighted by molar-refractivity contribution is 8.04. The molecule has 4 aromatic rings. The maximum atomic E-state index is 12.1. The van der Waals surface area contributed by atoms with Crippen LogP contribution >= 0.6 is 23.4 Å². The predicted molar refractivity (Wildman–Crippen MR) is 133 cm³/mol. The van der Waals surface area contributed by atoms with Crippen LogP contribution in [0.5, 0.6) is 5.75 Å². The minimum absolute atomic E-state index is 0.147. The first-order valence-electron chi connectivity index (χ1n) is 10.5. The van der Waals surface area contributed by atoms with Crippen molar-refractivity contribution in [1.29, 1.82) is 0 Å². The average Bonchev–Trinajstić information content (AvgIpc) is 3.23. The van der Waals surface area contributed by atoms with E-state index < -0.39 is 5.97 Å². The number of nitrogens with zero attached hydrogens (tertiary/aromatic N) is 3. The number of fused-ring (bicyclic) bond motifs is 1. The van der Waals surface area contributed by atoms with Crippen LogP contribution in [0.1, 0.15) is 19.4 Å². The molecule has 0 bridgehead atoms. The largest absolute Gasteiger partial charge is 0.493 e. The van der Waals surface area contributed by atoms with Crippen LogP contribution in [-0.4, -0.2) is 32.4 Å². The van der Waals surface area contributed by atoms with E-state index in [1.807, 2.05) is 66.9 Å². The van der Waals surface area contributed by atoms with E-state index in [1.165, 1.54) is 0 Å². The summed E-state index contributed by atoms with van der Waals surface area (Å²) in [5, 5.41) is 21.5. The van der Waals surface area contributed by atoms with Gasteiger partial charge < -0.3 is 14.4 Å². The fraction of sp³-hybridized carbons (Fsp3) is 0.160. The van der Waals surface area contributed by atoms with Crippen molar-refractivity contribution in [3.8, 4) is 17.1 Å². The highest BCUT2D eigenvalue weighted by atomic mass is 35.5. The summed E-state index contributed by atoms with van der Waals surface area (Å²) >= 11 is 7.08. The number of hydrogen-bond donors (Lipinski definition) is 1. The molecule has 0 unspecified atom stereocenters.